The highest BCUT2D eigenvalue weighted by Crippen LogP contribution is 2.45. The summed E-state index contributed by atoms with van der Waals surface area (Å²) in [7, 11) is 1.60. The van der Waals surface area contributed by atoms with E-state index in [-0.39, 0.29) is 17.4 Å². The number of carboxylic acid groups (broad SMARTS) is 1. The third-order valence-electron chi connectivity index (χ3n) is 6.34. The molecule has 0 saturated heterocycles. The van der Waals surface area contributed by atoms with Crippen molar-refractivity contribution in [3.05, 3.63) is 45.6 Å². The monoisotopic (exact) mass is 434 g/mol. The lowest BCUT2D eigenvalue weighted by Gasteiger charge is -2.37. The van der Waals surface area contributed by atoms with Crippen molar-refractivity contribution in [2.75, 3.05) is 13.7 Å². The minimum absolute atomic E-state index is 0.145. The van der Waals surface area contributed by atoms with Gasteiger partial charge in [0, 0.05) is 10.3 Å². The van der Waals surface area contributed by atoms with Gasteiger partial charge in [-0.15, -0.1) is 11.3 Å². The minimum Gasteiger partial charge on any atom is -0.493 e. The van der Waals surface area contributed by atoms with E-state index in [9.17, 15) is 15.0 Å². The van der Waals surface area contributed by atoms with Crippen LogP contribution in [-0.4, -0.2) is 35.5 Å². The Kier molecular flexibility index (Phi) is 7.25. The average molecular weight is 435 g/mol. The van der Waals surface area contributed by atoms with Crippen LogP contribution < -0.4 is 9.47 Å². The molecule has 1 aromatic heterocycles. The standard InChI is InChI=1S/C24H34O5S/c1-8-24(9-2,20-13-12-19(30-20)21(25)26)16-10-11-17(18(14-16)28-7)29-15-23(6,27)22(3,4)5/h10-14,27H,8-9,15H2,1-7H3,(H,25,26). The Morgan fingerprint density at radius 1 is 1.03 bits per heavy atom. The van der Waals surface area contributed by atoms with Gasteiger partial charge in [0.1, 0.15) is 17.1 Å². The molecule has 2 rings (SSSR count). The molecule has 0 spiro atoms. The van der Waals surface area contributed by atoms with Gasteiger partial charge >= 0.3 is 5.97 Å². The summed E-state index contributed by atoms with van der Waals surface area (Å²) in [4.78, 5) is 12.7. The smallest absolute Gasteiger partial charge is 0.345 e. The summed E-state index contributed by atoms with van der Waals surface area (Å²) in [5.74, 6) is 0.266. The maximum atomic E-state index is 11.4. The summed E-state index contributed by atoms with van der Waals surface area (Å²) < 4.78 is 11.5. The first-order chi connectivity index (χ1) is 13.9. The van der Waals surface area contributed by atoms with Crippen LogP contribution in [0.2, 0.25) is 0 Å². The van der Waals surface area contributed by atoms with Gasteiger partial charge < -0.3 is 19.7 Å². The Labute approximate surface area is 183 Å². The third kappa shape index (κ3) is 4.65. The molecule has 30 heavy (non-hydrogen) atoms. The first-order valence-corrected chi connectivity index (χ1v) is 11.1. The van der Waals surface area contributed by atoms with Crippen LogP contribution in [0.25, 0.3) is 0 Å². The summed E-state index contributed by atoms with van der Waals surface area (Å²) in [6.45, 7) is 12.1. The fourth-order valence-electron chi connectivity index (χ4n) is 3.38. The lowest BCUT2D eigenvalue weighted by molar-refractivity contribution is -0.0727. The molecule has 0 aliphatic rings. The molecular weight excluding hydrogens is 400 g/mol. The Hall–Kier alpha value is -2.05. The quantitative estimate of drug-likeness (QED) is 0.526. The van der Waals surface area contributed by atoms with Gasteiger partial charge in [0.25, 0.3) is 0 Å². The molecule has 2 aromatic rings. The number of aliphatic hydroxyl groups is 1. The van der Waals surface area contributed by atoms with Crippen LogP contribution in [-0.2, 0) is 5.41 Å². The molecule has 6 heteroatoms. The van der Waals surface area contributed by atoms with E-state index in [1.807, 2.05) is 45.0 Å². The van der Waals surface area contributed by atoms with E-state index in [1.54, 1.807) is 20.1 Å². The Balaban J connectivity index is 2.42. The van der Waals surface area contributed by atoms with Crippen LogP contribution in [0.4, 0.5) is 0 Å². The molecule has 2 N–H and O–H groups in total. The van der Waals surface area contributed by atoms with Gasteiger partial charge in [-0.05, 0) is 55.0 Å². The van der Waals surface area contributed by atoms with Crippen molar-refractivity contribution in [2.45, 2.75) is 65.4 Å². The van der Waals surface area contributed by atoms with E-state index in [2.05, 4.69) is 13.8 Å². The van der Waals surface area contributed by atoms with E-state index in [1.165, 1.54) is 11.3 Å². The lowest BCUT2D eigenvalue weighted by Crippen LogP contribution is -2.45. The second kappa shape index (κ2) is 8.98. The number of hydrogen-bond acceptors (Lipinski definition) is 5. The zero-order chi connectivity index (χ0) is 22.7. The molecule has 1 unspecified atom stereocenters. The van der Waals surface area contributed by atoms with Crippen LogP contribution in [0.15, 0.2) is 30.3 Å². The van der Waals surface area contributed by atoms with Gasteiger partial charge in [-0.25, -0.2) is 4.79 Å². The van der Waals surface area contributed by atoms with E-state index < -0.39 is 11.6 Å². The number of methoxy groups -OCH3 is 1. The van der Waals surface area contributed by atoms with Gasteiger partial charge in [0.15, 0.2) is 11.5 Å². The SMILES string of the molecule is CCC(CC)(c1ccc(OCC(C)(O)C(C)(C)C)c(OC)c1)c1ccc(C(=O)O)s1. The highest BCUT2D eigenvalue weighted by atomic mass is 32.1. The number of carboxylic acids is 1. The molecule has 0 amide bonds. The van der Waals surface area contributed by atoms with Crippen molar-refractivity contribution in [1.29, 1.82) is 0 Å². The van der Waals surface area contributed by atoms with Crippen LogP contribution >= 0.6 is 11.3 Å². The maximum absolute atomic E-state index is 11.4. The molecule has 0 aliphatic carbocycles. The van der Waals surface area contributed by atoms with Gasteiger partial charge in [0.2, 0.25) is 0 Å². The second-order valence-electron chi connectivity index (χ2n) is 8.94. The molecule has 0 radical (unpaired) electrons. The van der Waals surface area contributed by atoms with Crippen LogP contribution in [0.1, 0.15) is 74.5 Å². The fraction of sp³-hybridized carbons (Fsp3) is 0.542. The molecule has 1 atom stereocenters. The largest absolute Gasteiger partial charge is 0.493 e. The summed E-state index contributed by atoms with van der Waals surface area (Å²) in [5, 5.41) is 20.1. The predicted octanol–water partition coefficient (Wildman–Crippen LogP) is 5.74. The molecule has 166 valence electrons. The number of benzene rings is 1. The van der Waals surface area contributed by atoms with Crippen LogP contribution in [0.3, 0.4) is 0 Å². The first kappa shape index (κ1) is 24.2. The molecular formula is C24H34O5S. The molecule has 0 bridgehead atoms. The predicted molar refractivity (Wildman–Crippen MR) is 121 cm³/mol. The first-order valence-electron chi connectivity index (χ1n) is 10.3. The number of rotatable bonds is 9. The zero-order valence-corrected chi connectivity index (χ0v) is 19.9. The van der Waals surface area contributed by atoms with Crippen molar-refractivity contribution in [1.82, 2.24) is 0 Å². The van der Waals surface area contributed by atoms with Gasteiger partial charge in [-0.1, -0.05) is 40.7 Å². The Bertz CT molecular complexity index is 872. The average Bonchev–Trinajstić information content (AvgIpc) is 3.18. The number of aromatic carboxylic acids is 1. The molecule has 1 heterocycles. The highest BCUT2D eigenvalue weighted by molar-refractivity contribution is 7.14. The summed E-state index contributed by atoms with van der Waals surface area (Å²) in [6.07, 6.45) is 1.65. The van der Waals surface area contributed by atoms with E-state index >= 15 is 0 Å². The molecule has 1 aromatic carbocycles. The van der Waals surface area contributed by atoms with Crippen molar-refractivity contribution in [3.63, 3.8) is 0 Å². The van der Waals surface area contributed by atoms with Gasteiger partial charge in [0.05, 0.1) is 7.11 Å². The van der Waals surface area contributed by atoms with Crippen molar-refractivity contribution in [2.24, 2.45) is 5.41 Å². The molecule has 0 aliphatic heterocycles. The summed E-state index contributed by atoms with van der Waals surface area (Å²) in [5.41, 5.74) is -0.586. The summed E-state index contributed by atoms with van der Waals surface area (Å²) in [6, 6.07) is 9.44. The van der Waals surface area contributed by atoms with Gasteiger partial charge in [-0.3, -0.25) is 0 Å². The van der Waals surface area contributed by atoms with E-state index in [0.717, 1.165) is 23.3 Å². The van der Waals surface area contributed by atoms with Crippen LogP contribution in [0, 0.1) is 5.41 Å². The van der Waals surface area contributed by atoms with E-state index in [4.69, 9.17) is 9.47 Å². The maximum Gasteiger partial charge on any atom is 0.345 e. The topological polar surface area (TPSA) is 76.0 Å². The minimum atomic E-state index is -1.00. The fourth-order valence-corrected chi connectivity index (χ4v) is 4.58. The van der Waals surface area contributed by atoms with Crippen molar-refractivity contribution >= 4 is 17.3 Å². The molecule has 5 nitrogen and oxygen atoms in total. The highest BCUT2D eigenvalue weighted by Gasteiger charge is 2.37. The number of ether oxygens (including phenoxy) is 2. The lowest BCUT2D eigenvalue weighted by atomic mass is 9.74. The molecule has 0 saturated carbocycles. The van der Waals surface area contributed by atoms with Crippen LogP contribution in [0.5, 0.6) is 11.5 Å². The summed E-state index contributed by atoms with van der Waals surface area (Å²) >= 11 is 1.32. The second-order valence-corrected chi connectivity index (χ2v) is 10.0. The van der Waals surface area contributed by atoms with Crippen molar-refractivity contribution in [3.8, 4) is 11.5 Å². The number of thiophene rings is 1. The third-order valence-corrected chi connectivity index (χ3v) is 7.61. The Morgan fingerprint density at radius 2 is 1.67 bits per heavy atom. The molecule has 0 fully saturated rings. The zero-order valence-electron chi connectivity index (χ0n) is 19.0. The van der Waals surface area contributed by atoms with Gasteiger partial charge in [-0.2, -0.15) is 0 Å². The van der Waals surface area contributed by atoms with E-state index in [0.29, 0.717) is 16.4 Å². The van der Waals surface area contributed by atoms with Crippen molar-refractivity contribution < 1.29 is 24.5 Å². The number of carbonyl (C=O) groups is 1. The number of hydrogen-bond donors (Lipinski definition) is 2. The Morgan fingerprint density at radius 3 is 2.13 bits per heavy atom. The normalized spacial score (nSPS) is 14.3.